The van der Waals surface area contributed by atoms with Crippen LogP contribution in [0.15, 0.2) is 67.3 Å². The molecule has 3 heterocycles. The molecule has 4 nitrogen and oxygen atoms in total. The number of pyridine rings is 3. The molecule has 0 spiro atoms. The van der Waals surface area contributed by atoms with Crippen LogP contribution in [0, 0.1) is 13.8 Å². The van der Waals surface area contributed by atoms with E-state index in [1.54, 1.807) is 6.20 Å². The molecular formula is C21H18N4. The maximum absolute atomic E-state index is 4.52. The number of rotatable bonds is 3. The summed E-state index contributed by atoms with van der Waals surface area (Å²) >= 11 is 0. The third-order valence-electron chi connectivity index (χ3n) is 4.24. The van der Waals surface area contributed by atoms with Gasteiger partial charge in [0.1, 0.15) is 11.6 Å². The lowest BCUT2D eigenvalue weighted by molar-refractivity contribution is 1.24. The number of aromatic nitrogens is 3. The molecule has 0 atom stereocenters. The van der Waals surface area contributed by atoms with Crippen LogP contribution in [-0.4, -0.2) is 15.0 Å². The van der Waals surface area contributed by atoms with Crippen molar-refractivity contribution in [3.63, 3.8) is 0 Å². The topological polar surface area (TPSA) is 50.7 Å². The lowest BCUT2D eigenvalue weighted by Gasteiger charge is -2.09. The summed E-state index contributed by atoms with van der Waals surface area (Å²) in [4.78, 5) is 13.1. The van der Waals surface area contributed by atoms with Gasteiger partial charge in [-0.15, -0.1) is 0 Å². The number of nitrogens with one attached hydrogen (secondary N) is 1. The minimum absolute atomic E-state index is 0.788. The molecule has 0 bridgehead atoms. The molecule has 1 N–H and O–H groups in total. The van der Waals surface area contributed by atoms with Crippen molar-refractivity contribution in [1.82, 2.24) is 15.0 Å². The Hall–Kier alpha value is -3.27. The predicted octanol–water partition coefficient (Wildman–Crippen LogP) is 5.05. The SMILES string of the molecule is Cc1ccnc(Nc2cc3ccc(-c4cnccc4C)cc3cn2)c1. The summed E-state index contributed by atoms with van der Waals surface area (Å²) in [5, 5.41) is 5.50. The van der Waals surface area contributed by atoms with E-state index in [-0.39, 0.29) is 0 Å². The molecule has 0 amide bonds. The number of aryl methyl sites for hydroxylation is 2. The first-order valence-corrected chi connectivity index (χ1v) is 8.19. The molecule has 0 aliphatic carbocycles. The van der Waals surface area contributed by atoms with Crippen LogP contribution in [0.25, 0.3) is 21.9 Å². The highest BCUT2D eigenvalue weighted by molar-refractivity contribution is 5.89. The van der Waals surface area contributed by atoms with Crippen molar-refractivity contribution in [1.29, 1.82) is 0 Å². The van der Waals surface area contributed by atoms with E-state index in [0.29, 0.717) is 0 Å². The Bertz CT molecular complexity index is 1060. The van der Waals surface area contributed by atoms with Gasteiger partial charge in [-0.25, -0.2) is 9.97 Å². The summed E-state index contributed by atoms with van der Waals surface area (Å²) in [6.07, 6.45) is 7.41. The molecular weight excluding hydrogens is 308 g/mol. The van der Waals surface area contributed by atoms with Crippen LogP contribution in [0.1, 0.15) is 11.1 Å². The second-order valence-electron chi connectivity index (χ2n) is 6.17. The summed E-state index contributed by atoms with van der Waals surface area (Å²) < 4.78 is 0. The minimum Gasteiger partial charge on any atom is -0.325 e. The monoisotopic (exact) mass is 326 g/mol. The van der Waals surface area contributed by atoms with Crippen molar-refractivity contribution in [2.45, 2.75) is 13.8 Å². The largest absolute Gasteiger partial charge is 0.325 e. The Kier molecular flexibility index (Phi) is 3.86. The second kappa shape index (κ2) is 6.32. The first-order chi connectivity index (χ1) is 12.2. The van der Waals surface area contributed by atoms with E-state index in [2.05, 4.69) is 45.4 Å². The summed E-state index contributed by atoms with van der Waals surface area (Å²) in [6.45, 7) is 4.14. The molecule has 0 aliphatic rings. The van der Waals surface area contributed by atoms with Crippen LogP contribution in [0.5, 0.6) is 0 Å². The molecule has 4 rings (SSSR count). The first kappa shape index (κ1) is 15.3. The third kappa shape index (κ3) is 3.19. The highest BCUT2D eigenvalue weighted by Crippen LogP contribution is 2.27. The van der Waals surface area contributed by atoms with Crippen molar-refractivity contribution < 1.29 is 0 Å². The lowest BCUT2D eigenvalue weighted by Crippen LogP contribution is -1.96. The Morgan fingerprint density at radius 3 is 2.48 bits per heavy atom. The van der Waals surface area contributed by atoms with E-state index in [0.717, 1.165) is 39.1 Å². The van der Waals surface area contributed by atoms with Crippen LogP contribution in [0.2, 0.25) is 0 Å². The number of hydrogen-bond donors (Lipinski definition) is 1. The van der Waals surface area contributed by atoms with E-state index in [1.165, 1.54) is 5.56 Å². The van der Waals surface area contributed by atoms with Gasteiger partial charge in [0.2, 0.25) is 0 Å². The average molecular weight is 326 g/mol. The van der Waals surface area contributed by atoms with Crippen LogP contribution < -0.4 is 5.32 Å². The van der Waals surface area contributed by atoms with Gasteiger partial charge in [-0.05, 0) is 66.3 Å². The zero-order chi connectivity index (χ0) is 17.2. The van der Waals surface area contributed by atoms with Crippen LogP contribution in [0.3, 0.4) is 0 Å². The standard InChI is InChI=1S/C21H18N4/c1-14-5-8-23-20(9-14)25-21-11-16-3-4-17(10-18(16)12-24-21)19-13-22-7-6-15(19)2/h3-13H,1-2H3,(H,23,24,25). The summed E-state index contributed by atoms with van der Waals surface area (Å²) in [5.41, 5.74) is 4.68. The molecule has 0 saturated carbocycles. The fourth-order valence-corrected chi connectivity index (χ4v) is 2.88. The smallest absolute Gasteiger partial charge is 0.132 e. The van der Waals surface area contributed by atoms with E-state index in [9.17, 15) is 0 Å². The van der Waals surface area contributed by atoms with Gasteiger partial charge in [0, 0.05) is 35.7 Å². The maximum atomic E-state index is 4.52. The van der Waals surface area contributed by atoms with Crippen molar-refractivity contribution in [3.8, 4) is 11.1 Å². The molecule has 4 heteroatoms. The van der Waals surface area contributed by atoms with Gasteiger partial charge in [-0.3, -0.25) is 4.98 Å². The Morgan fingerprint density at radius 2 is 1.64 bits per heavy atom. The number of fused-ring (bicyclic) bond motifs is 1. The minimum atomic E-state index is 0.788. The molecule has 122 valence electrons. The Labute approximate surface area is 146 Å². The molecule has 3 aromatic heterocycles. The molecule has 0 aliphatic heterocycles. The highest BCUT2D eigenvalue weighted by Gasteiger charge is 2.05. The normalized spacial score (nSPS) is 10.8. The molecule has 0 radical (unpaired) electrons. The van der Waals surface area contributed by atoms with E-state index in [1.807, 2.05) is 49.8 Å². The van der Waals surface area contributed by atoms with Gasteiger partial charge in [0.25, 0.3) is 0 Å². The van der Waals surface area contributed by atoms with Gasteiger partial charge < -0.3 is 5.32 Å². The Balaban J connectivity index is 1.68. The van der Waals surface area contributed by atoms with Gasteiger partial charge >= 0.3 is 0 Å². The number of hydrogen-bond acceptors (Lipinski definition) is 4. The van der Waals surface area contributed by atoms with E-state index < -0.39 is 0 Å². The van der Waals surface area contributed by atoms with E-state index in [4.69, 9.17) is 0 Å². The third-order valence-corrected chi connectivity index (χ3v) is 4.24. The number of benzene rings is 1. The second-order valence-corrected chi connectivity index (χ2v) is 6.17. The molecule has 4 aromatic rings. The molecule has 0 fully saturated rings. The fourth-order valence-electron chi connectivity index (χ4n) is 2.88. The molecule has 1 aromatic carbocycles. The van der Waals surface area contributed by atoms with Crippen molar-refractivity contribution in [3.05, 3.63) is 78.4 Å². The Morgan fingerprint density at radius 1 is 0.760 bits per heavy atom. The lowest BCUT2D eigenvalue weighted by atomic mass is 10.0. The summed E-state index contributed by atoms with van der Waals surface area (Å²) in [6, 6.07) is 14.4. The average Bonchev–Trinajstić information content (AvgIpc) is 2.62. The number of anilines is 2. The summed E-state index contributed by atoms with van der Waals surface area (Å²) in [5.74, 6) is 1.59. The van der Waals surface area contributed by atoms with Gasteiger partial charge in [-0.2, -0.15) is 0 Å². The van der Waals surface area contributed by atoms with Crippen LogP contribution in [0.4, 0.5) is 11.6 Å². The fraction of sp³-hybridized carbons (Fsp3) is 0.0952. The zero-order valence-corrected chi connectivity index (χ0v) is 14.2. The summed E-state index contributed by atoms with van der Waals surface area (Å²) in [7, 11) is 0. The van der Waals surface area contributed by atoms with Crippen molar-refractivity contribution >= 4 is 22.4 Å². The molecule has 0 unspecified atom stereocenters. The maximum Gasteiger partial charge on any atom is 0.132 e. The highest BCUT2D eigenvalue weighted by atomic mass is 15.0. The van der Waals surface area contributed by atoms with Gasteiger partial charge in [0.15, 0.2) is 0 Å². The zero-order valence-electron chi connectivity index (χ0n) is 14.2. The van der Waals surface area contributed by atoms with Gasteiger partial charge in [0.05, 0.1) is 0 Å². The predicted molar refractivity (Wildman–Crippen MR) is 102 cm³/mol. The van der Waals surface area contributed by atoms with Crippen LogP contribution >= 0.6 is 0 Å². The molecule has 0 saturated heterocycles. The van der Waals surface area contributed by atoms with Crippen molar-refractivity contribution in [2.24, 2.45) is 0 Å². The van der Waals surface area contributed by atoms with Crippen molar-refractivity contribution in [2.75, 3.05) is 5.32 Å². The number of nitrogens with zero attached hydrogens (tertiary/aromatic N) is 3. The quantitative estimate of drug-likeness (QED) is 0.572. The van der Waals surface area contributed by atoms with Gasteiger partial charge in [-0.1, -0.05) is 12.1 Å². The molecule has 25 heavy (non-hydrogen) atoms. The first-order valence-electron chi connectivity index (χ1n) is 8.19. The van der Waals surface area contributed by atoms with E-state index >= 15 is 0 Å². The van der Waals surface area contributed by atoms with Crippen LogP contribution in [-0.2, 0) is 0 Å².